The Morgan fingerprint density at radius 2 is 2.00 bits per heavy atom. The van der Waals surface area contributed by atoms with Crippen molar-refractivity contribution in [2.75, 3.05) is 0 Å². The molecule has 1 N–H and O–H groups in total. The first-order chi connectivity index (χ1) is 9.22. The molecule has 2 aromatic rings. The lowest BCUT2D eigenvalue weighted by Crippen LogP contribution is -2.22. The van der Waals surface area contributed by atoms with Crippen molar-refractivity contribution in [3.8, 4) is 0 Å². The van der Waals surface area contributed by atoms with Crippen molar-refractivity contribution in [1.29, 1.82) is 0 Å². The van der Waals surface area contributed by atoms with Crippen molar-refractivity contribution in [2.45, 2.75) is 38.0 Å². The summed E-state index contributed by atoms with van der Waals surface area (Å²) in [5.74, 6) is 1.88. The Kier molecular flexibility index (Phi) is 5.03. The van der Waals surface area contributed by atoms with Gasteiger partial charge in [0.15, 0.2) is 0 Å². The topological polar surface area (TPSA) is 28.7 Å². The molecule has 3 atom stereocenters. The summed E-state index contributed by atoms with van der Waals surface area (Å²) in [6, 6.07) is 10.6. The van der Waals surface area contributed by atoms with E-state index >= 15 is 0 Å². The number of aromatic nitrogens is 2. The molecule has 0 spiro atoms. The van der Waals surface area contributed by atoms with Crippen LogP contribution in [0.25, 0.3) is 0 Å². The van der Waals surface area contributed by atoms with Gasteiger partial charge in [0.25, 0.3) is 0 Å². The number of halogens is 1. The van der Waals surface area contributed by atoms with Crippen molar-refractivity contribution in [2.24, 2.45) is 5.92 Å². The van der Waals surface area contributed by atoms with Gasteiger partial charge >= 0.3 is 0 Å². The molecule has 0 fully saturated rings. The van der Waals surface area contributed by atoms with E-state index in [1.807, 2.05) is 12.3 Å². The molecule has 0 aliphatic carbocycles. The summed E-state index contributed by atoms with van der Waals surface area (Å²) in [5, 5.41) is 0.0588. The fourth-order valence-electron chi connectivity index (χ4n) is 2.54. The minimum atomic E-state index is 0.0588. The number of benzene rings is 1. The molecule has 3 unspecified atom stereocenters. The fourth-order valence-corrected chi connectivity index (χ4v) is 3.08. The van der Waals surface area contributed by atoms with Gasteiger partial charge < -0.3 is 4.98 Å². The summed E-state index contributed by atoms with van der Waals surface area (Å²) in [4.78, 5) is 7.41. The first-order valence-corrected chi connectivity index (χ1v) is 7.33. The SMILES string of the molecule is CCC(C)C(c1ccccc1)C(Cl)Cc1ncc[nH]1. The van der Waals surface area contributed by atoms with Gasteiger partial charge in [-0.05, 0) is 11.5 Å². The number of aromatic amines is 1. The van der Waals surface area contributed by atoms with Gasteiger partial charge in [-0.1, -0.05) is 50.6 Å². The standard InChI is InChI=1S/C16H21ClN2/c1-3-12(2)16(13-7-5-4-6-8-13)14(17)11-15-18-9-10-19-15/h4-10,12,14,16H,3,11H2,1-2H3,(H,18,19). The third kappa shape index (κ3) is 3.60. The van der Waals surface area contributed by atoms with E-state index in [4.69, 9.17) is 11.6 Å². The number of nitrogens with zero attached hydrogens (tertiary/aromatic N) is 1. The zero-order chi connectivity index (χ0) is 13.7. The van der Waals surface area contributed by atoms with Crippen LogP contribution >= 0.6 is 11.6 Å². The van der Waals surface area contributed by atoms with Gasteiger partial charge in [-0.2, -0.15) is 0 Å². The van der Waals surface area contributed by atoms with E-state index in [2.05, 4.69) is 48.1 Å². The number of hydrogen-bond acceptors (Lipinski definition) is 1. The van der Waals surface area contributed by atoms with Crippen LogP contribution in [0.4, 0.5) is 0 Å². The summed E-state index contributed by atoms with van der Waals surface area (Å²) in [5.41, 5.74) is 1.32. The maximum atomic E-state index is 6.69. The third-order valence-electron chi connectivity index (χ3n) is 3.77. The van der Waals surface area contributed by atoms with Crippen LogP contribution in [0.2, 0.25) is 0 Å². The quantitative estimate of drug-likeness (QED) is 0.779. The Morgan fingerprint density at radius 1 is 1.26 bits per heavy atom. The van der Waals surface area contributed by atoms with Crippen molar-refractivity contribution in [3.05, 3.63) is 54.1 Å². The van der Waals surface area contributed by atoms with Gasteiger partial charge in [-0.15, -0.1) is 11.6 Å². The van der Waals surface area contributed by atoms with Crippen molar-refractivity contribution >= 4 is 11.6 Å². The molecular weight excluding hydrogens is 256 g/mol. The van der Waals surface area contributed by atoms with Gasteiger partial charge in [0.2, 0.25) is 0 Å². The first kappa shape index (κ1) is 14.1. The lowest BCUT2D eigenvalue weighted by molar-refractivity contribution is 0.425. The monoisotopic (exact) mass is 276 g/mol. The lowest BCUT2D eigenvalue weighted by Gasteiger charge is -2.27. The Bertz CT molecular complexity index is 467. The highest BCUT2D eigenvalue weighted by molar-refractivity contribution is 6.21. The zero-order valence-electron chi connectivity index (χ0n) is 11.5. The maximum absolute atomic E-state index is 6.69. The number of alkyl halides is 1. The molecule has 0 saturated carbocycles. The molecule has 0 radical (unpaired) electrons. The van der Waals surface area contributed by atoms with E-state index in [0.29, 0.717) is 11.8 Å². The largest absolute Gasteiger partial charge is 0.349 e. The van der Waals surface area contributed by atoms with Crippen LogP contribution in [0.1, 0.15) is 37.6 Å². The van der Waals surface area contributed by atoms with E-state index in [-0.39, 0.29) is 5.38 Å². The summed E-state index contributed by atoms with van der Waals surface area (Å²) in [6.45, 7) is 4.49. The summed E-state index contributed by atoms with van der Waals surface area (Å²) in [6.07, 6.45) is 5.53. The highest BCUT2D eigenvalue weighted by atomic mass is 35.5. The number of imidazole rings is 1. The van der Waals surface area contributed by atoms with Crippen LogP contribution in [0.3, 0.4) is 0 Å². The minimum Gasteiger partial charge on any atom is -0.349 e. The zero-order valence-corrected chi connectivity index (χ0v) is 12.3. The normalized spacial score (nSPS) is 15.9. The Labute approximate surface area is 120 Å². The van der Waals surface area contributed by atoms with E-state index < -0.39 is 0 Å². The lowest BCUT2D eigenvalue weighted by atomic mass is 9.82. The van der Waals surface area contributed by atoms with Crippen molar-refractivity contribution < 1.29 is 0 Å². The molecule has 0 bridgehead atoms. The molecule has 0 aliphatic heterocycles. The molecule has 1 heterocycles. The third-order valence-corrected chi connectivity index (χ3v) is 4.20. The number of nitrogens with one attached hydrogen (secondary N) is 1. The van der Waals surface area contributed by atoms with Crippen molar-refractivity contribution in [1.82, 2.24) is 9.97 Å². The highest BCUT2D eigenvalue weighted by Crippen LogP contribution is 2.34. The van der Waals surface area contributed by atoms with Gasteiger partial charge in [0.1, 0.15) is 5.82 Å². The molecule has 19 heavy (non-hydrogen) atoms. The Balaban J connectivity index is 2.18. The molecule has 3 heteroatoms. The Morgan fingerprint density at radius 3 is 2.58 bits per heavy atom. The van der Waals surface area contributed by atoms with Gasteiger partial charge in [0.05, 0.1) is 0 Å². The molecule has 1 aromatic heterocycles. The molecule has 0 amide bonds. The second kappa shape index (κ2) is 6.76. The van der Waals surface area contributed by atoms with Crippen LogP contribution in [0, 0.1) is 5.92 Å². The van der Waals surface area contributed by atoms with E-state index in [1.165, 1.54) is 5.56 Å². The summed E-state index contributed by atoms with van der Waals surface area (Å²) < 4.78 is 0. The number of H-pyrrole nitrogens is 1. The average Bonchev–Trinajstić information content (AvgIpc) is 2.93. The second-order valence-corrected chi connectivity index (χ2v) is 5.64. The second-order valence-electron chi connectivity index (χ2n) is 5.08. The van der Waals surface area contributed by atoms with E-state index in [0.717, 1.165) is 18.7 Å². The van der Waals surface area contributed by atoms with Crippen LogP contribution in [-0.2, 0) is 6.42 Å². The predicted molar refractivity (Wildman–Crippen MR) is 80.6 cm³/mol. The molecule has 2 rings (SSSR count). The van der Waals surface area contributed by atoms with Crippen molar-refractivity contribution in [3.63, 3.8) is 0 Å². The number of hydrogen-bond donors (Lipinski definition) is 1. The molecule has 0 aliphatic rings. The molecule has 2 nitrogen and oxygen atoms in total. The van der Waals surface area contributed by atoms with Crippen LogP contribution in [0.5, 0.6) is 0 Å². The molecule has 102 valence electrons. The average molecular weight is 277 g/mol. The van der Waals surface area contributed by atoms with Crippen LogP contribution in [0.15, 0.2) is 42.7 Å². The molecule has 1 aromatic carbocycles. The predicted octanol–water partition coefficient (Wildman–Crippen LogP) is 4.39. The van der Waals surface area contributed by atoms with Gasteiger partial charge in [0, 0.05) is 30.1 Å². The summed E-state index contributed by atoms with van der Waals surface area (Å²) >= 11 is 6.69. The maximum Gasteiger partial charge on any atom is 0.107 e. The van der Waals surface area contributed by atoms with Crippen LogP contribution < -0.4 is 0 Å². The van der Waals surface area contributed by atoms with E-state index in [9.17, 15) is 0 Å². The molecule has 0 saturated heterocycles. The number of rotatable bonds is 6. The molecular formula is C16H21ClN2. The Hall–Kier alpha value is -1.28. The minimum absolute atomic E-state index is 0.0588. The van der Waals surface area contributed by atoms with Gasteiger partial charge in [-0.25, -0.2) is 4.98 Å². The van der Waals surface area contributed by atoms with E-state index in [1.54, 1.807) is 6.20 Å². The van der Waals surface area contributed by atoms with Crippen LogP contribution in [-0.4, -0.2) is 15.3 Å². The summed E-state index contributed by atoms with van der Waals surface area (Å²) in [7, 11) is 0. The highest BCUT2D eigenvalue weighted by Gasteiger charge is 2.26. The fraction of sp³-hybridized carbons (Fsp3) is 0.438. The smallest absolute Gasteiger partial charge is 0.107 e. The first-order valence-electron chi connectivity index (χ1n) is 6.89. The van der Waals surface area contributed by atoms with Gasteiger partial charge in [-0.3, -0.25) is 0 Å².